The summed E-state index contributed by atoms with van der Waals surface area (Å²) in [7, 11) is 0. The average Bonchev–Trinajstić information content (AvgIpc) is 2.35. The molecule has 0 spiro atoms. The van der Waals surface area contributed by atoms with E-state index in [1.807, 2.05) is 45.0 Å². The van der Waals surface area contributed by atoms with Gasteiger partial charge in [0, 0.05) is 0 Å². The van der Waals surface area contributed by atoms with Crippen molar-refractivity contribution in [3.8, 4) is 0 Å². The van der Waals surface area contributed by atoms with Crippen LogP contribution in [-0.4, -0.2) is 11.2 Å². The molecule has 2 heteroatoms. The largest absolute Gasteiger partial charge is 0.391 e. The van der Waals surface area contributed by atoms with E-state index in [0.29, 0.717) is 0 Å². The lowest BCUT2D eigenvalue weighted by Gasteiger charge is -2.31. The maximum absolute atomic E-state index is 10.3. The van der Waals surface area contributed by atoms with Gasteiger partial charge >= 0.3 is 0 Å². The summed E-state index contributed by atoms with van der Waals surface area (Å²) in [6.07, 6.45) is -0.566. The Morgan fingerprint density at radius 3 is 2.28 bits per heavy atom. The minimum absolute atomic E-state index is 0.226. The fraction of sp³-hybridized carbons (Fsp3) is 0.375. The lowest BCUT2D eigenvalue weighted by atomic mass is 9.81. The van der Waals surface area contributed by atoms with Crippen LogP contribution in [0.4, 0.5) is 0 Å². The van der Waals surface area contributed by atoms with Crippen molar-refractivity contribution in [2.24, 2.45) is 11.1 Å². The first-order chi connectivity index (χ1) is 8.41. The molecule has 0 aliphatic heterocycles. The third kappa shape index (κ3) is 2.40. The molecule has 0 saturated heterocycles. The summed E-state index contributed by atoms with van der Waals surface area (Å²) in [5, 5.41) is 12.6. The van der Waals surface area contributed by atoms with Crippen LogP contribution < -0.4 is 5.73 Å². The van der Waals surface area contributed by atoms with E-state index in [1.165, 1.54) is 0 Å². The minimum atomic E-state index is -0.566. The number of aliphatic hydroxyl groups excluding tert-OH is 1. The minimum Gasteiger partial charge on any atom is -0.391 e. The number of benzene rings is 2. The monoisotopic (exact) mass is 243 g/mol. The summed E-state index contributed by atoms with van der Waals surface area (Å²) in [6, 6.07) is 13.8. The summed E-state index contributed by atoms with van der Waals surface area (Å²) in [5.74, 6) is 0. The lowest BCUT2D eigenvalue weighted by molar-refractivity contribution is 0.0405. The predicted octanol–water partition coefficient (Wildman–Crippen LogP) is 3.25. The van der Waals surface area contributed by atoms with Crippen molar-refractivity contribution in [3.63, 3.8) is 0 Å². The Labute approximate surface area is 108 Å². The van der Waals surface area contributed by atoms with Crippen molar-refractivity contribution in [1.82, 2.24) is 0 Å². The zero-order valence-electron chi connectivity index (χ0n) is 11.2. The fourth-order valence-corrected chi connectivity index (χ4v) is 2.25. The Morgan fingerprint density at radius 1 is 1.00 bits per heavy atom. The Balaban J connectivity index is 2.48. The maximum Gasteiger partial charge on any atom is 0.0781 e. The number of rotatable bonds is 2. The van der Waals surface area contributed by atoms with Gasteiger partial charge in [-0.3, -0.25) is 0 Å². The standard InChI is InChI=1S/C16H21NO/c1-16(2,3)15(18)14(17)13-10-6-8-11-7-4-5-9-12(11)13/h4-10,14-15,18H,17H2,1-3H3/t14-,15-/m0/s1. The van der Waals surface area contributed by atoms with Gasteiger partial charge in [0.15, 0.2) is 0 Å². The van der Waals surface area contributed by atoms with Gasteiger partial charge in [-0.1, -0.05) is 63.2 Å². The van der Waals surface area contributed by atoms with Crippen molar-refractivity contribution in [3.05, 3.63) is 48.0 Å². The summed E-state index contributed by atoms with van der Waals surface area (Å²) in [5.41, 5.74) is 7.02. The van der Waals surface area contributed by atoms with Crippen LogP contribution >= 0.6 is 0 Å². The normalized spacial score (nSPS) is 15.6. The zero-order chi connectivity index (χ0) is 13.3. The molecular formula is C16H21NO. The average molecular weight is 243 g/mol. The Morgan fingerprint density at radius 2 is 1.61 bits per heavy atom. The smallest absolute Gasteiger partial charge is 0.0781 e. The van der Waals surface area contributed by atoms with Crippen LogP contribution in [0.3, 0.4) is 0 Å². The molecule has 0 fully saturated rings. The lowest BCUT2D eigenvalue weighted by Crippen LogP contribution is -2.37. The van der Waals surface area contributed by atoms with Crippen LogP contribution in [0.1, 0.15) is 32.4 Å². The van der Waals surface area contributed by atoms with Crippen molar-refractivity contribution in [1.29, 1.82) is 0 Å². The molecule has 2 atom stereocenters. The topological polar surface area (TPSA) is 46.2 Å². The summed E-state index contributed by atoms with van der Waals surface area (Å²) in [6.45, 7) is 6.01. The van der Waals surface area contributed by atoms with E-state index in [2.05, 4.69) is 18.2 Å². The van der Waals surface area contributed by atoms with Gasteiger partial charge in [-0.25, -0.2) is 0 Å². The van der Waals surface area contributed by atoms with E-state index in [1.54, 1.807) is 0 Å². The van der Waals surface area contributed by atoms with E-state index in [4.69, 9.17) is 5.73 Å². The first-order valence-electron chi connectivity index (χ1n) is 6.32. The number of hydrogen-bond donors (Lipinski definition) is 2. The van der Waals surface area contributed by atoms with Gasteiger partial charge in [-0.2, -0.15) is 0 Å². The second kappa shape index (κ2) is 4.71. The summed E-state index contributed by atoms with van der Waals surface area (Å²) < 4.78 is 0. The van der Waals surface area contributed by atoms with E-state index in [9.17, 15) is 5.11 Å². The SMILES string of the molecule is CC(C)(C)[C@@H](O)[C@@H](N)c1cccc2ccccc12. The molecule has 2 rings (SSSR count). The maximum atomic E-state index is 10.3. The van der Waals surface area contributed by atoms with E-state index >= 15 is 0 Å². The molecule has 0 aliphatic carbocycles. The van der Waals surface area contributed by atoms with Gasteiger partial charge in [0.05, 0.1) is 12.1 Å². The Hall–Kier alpha value is -1.38. The molecule has 2 nitrogen and oxygen atoms in total. The molecule has 0 amide bonds. The molecule has 0 radical (unpaired) electrons. The predicted molar refractivity (Wildman–Crippen MR) is 76.3 cm³/mol. The van der Waals surface area contributed by atoms with Gasteiger partial charge in [-0.15, -0.1) is 0 Å². The van der Waals surface area contributed by atoms with Gasteiger partial charge in [0.25, 0.3) is 0 Å². The van der Waals surface area contributed by atoms with E-state index in [0.717, 1.165) is 16.3 Å². The molecule has 18 heavy (non-hydrogen) atoms. The summed E-state index contributed by atoms with van der Waals surface area (Å²) >= 11 is 0. The van der Waals surface area contributed by atoms with E-state index < -0.39 is 6.10 Å². The van der Waals surface area contributed by atoms with Gasteiger partial charge in [0.2, 0.25) is 0 Å². The van der Waals surface area contributed by atoms with E-state index in [-0.39, 0.29) is 11.5 Å². The molecule has 0 aliphatic rings. The summed E-state index contributed by atoms with van der Waals surface area (Å²) in [4.78, 5) is 0. The van der Waals surface area contributed by atoms with Crippen molar-refractivity contribution < 1.29 is 5.11 Å². The highest BCUT2D eigenvalue weighted by molar-refractivity contribution is 5.86. The van der Waals surface area contributed by atoms with Gasteiger partial charge in [0.1, 0.15) is 0 Å². The molecular weight excluding hydrogens is 222 g/mol. The number of fused-ring (bicyclic) bond motifs is 1. The molecule has 0 heterocycles. The highest BCUT2D eigenvalue weighted by Gasteiger charge is 2.29. The number of aliphatic hydroxyl groups is 1. The van der Waals surface area contributed by atoms with Crippen molar-refractivity contribution >= 4 is 10.8 Å². The third-order valence-electron chi connectivity index (χ3n) is 3.41. The van der Waals surface area contributed by atoms with Crippen LogP contribution in [0.5, 0.6) is 0 Å². The molecule has 2 aromatic rings. The number of hydrogen-bond acceptors (Lipinski definition) is 2. The Kier molecular flexibility index (Phi) is 3.42. The van der Waals surface area contributed by atoms with Crippen LogP contribution in [0.25, 0.3) is 10.8 Å². The quantitative estimate of drug-likeness (QED) is 0.850. The van der Waals surface area contributed by atoms with Gasteiger partial charge in [-0.05, 0) is 21.8 Å². The van der Waals surface area contributed by atoms with Crippen LogP contribution in [0.15, 0.2) is 42.5 Å². The number of nitrogens with two attached hydrogens (primary N) is 1. The first kappa shape index (κ1) is 13.1. The molecule has 0 bridgehead atoms. The zero-order valence-corrected chi connectivity index (χ0v) is 11.2. The molecule has 2 aromatic carbocycles. The molecule has 0 saturated carbocycles. The fourth-order valence-electron chi connectivity index (χ4n) is 2.25. The third-order valence-corrected chi connectivity index (χ3v) is 3.41. The Bertz CT molecular complexity index is 537. The second-order valence-corrected chi connectivity index (χ2v) is 5.91. The van der Waals surface area contributed by atoms with Gasteiger partial charge < -0.3 is 10.8 Å². The molecule has 3 N–H and O–H groups in total. The van der Waals surface area contributed by atoms with Crippen LogP contribution in [0, 0.1) is 5.41 Å². The highest BCUT2D eigenvalue weighted by atomic mass is 16.3. The van der Waals surface area contributed by atoms with Crippen LogP contribution in [0.2, 0.25) is 0 Å². The molecule has 0 unspecified atom stereocenters. The first-order valence-corrected chi connectivity index (χ1v) is 6.32. The van der Waals surface area contributed by atoms with Crippen molar-refractivity contribution in [2.75, 3.05) is 0 Å². The highest BCUT2D eigenvalue weighted by Crippen LogP contribution is 2.31. The molecule has 0 aromatic heterocycles. The van der Waals surface area contributed by atoms with Crippen molar-refractivity contribution in [2.45, 2.75) is 32.9 Å². The molecule has 96 valence electrons. The van der Waals surface area contributed by atoms with Crippen LogP contribution in [-0.2, 0) is 0 Å². The second-order valence-electron chi connectivity index (χ2n) is 5.91.